The van der Waals surface area contributed by atoms with E-state index < -0.39 is 11.9 Å². The van der Waals surface area contributed by atoms with Crippen LogP contribution in [-0.4, -0.2) is 35.0 Å². The largest absolute Gasteiger partial charge is 0.481 e. The van der Waals surface area contributed by atoms with Crippen LogP contribution in [0.5, 0.6) is 0 Å². The molecular weight excluding hydrogens is 266 g/mol. The topological polar surface area (TPSA) is 57.6 Å². The number of rotatable bonds is 2. The minimum absolute atomic E-state index is 0.0810. The normalized spacial score (nSPS) is 25.2. The number of fused-ring (bicyclic) bond motifs is 1. The van der Waals surface area contributed by atoms with Crippen molar-refractivity contribution in [3.8, 4) is 0 Å². The summed E-state index contributed by atoms with van der Waals surface area (Å²) in [4.78, 5) is 25.7. The zero-order valence-corrected chi connectivity index (χ0v) is 12.1. The highest BCUT2D eigenvalue weighted by atomic mass is 16.4. The first kappa shape index (κ1) is 14.1. The van der Waals surface area contributed by atoms with Crippen LogP contribution in [0.25, 0.3) is 0 Å². The standard InChI is InChI=1S/C17H21NO3/c19-16(18-10-4-7-13(11-18)17(20)21)15-9-3-6-12-5-1-2-8-14(12)15/h1-2,5,8,13,15H,3-4,6-7,9-11H2,(H,20,21)/t13-,15-/m0/s1. The molecular formula is C17H21NO3. The highest BCUT2D eigenvalue weighted by Crippen LogP contribution is 2.33. The van der Waals surface area contributed by atoms with Crippen LogP contribution < -0.4 is 0 Å². The van der Waals surface area contributed by atoms with Crippen molar-refractivity contribution in [2.45, 2.75) is 38.0 Å². The highest BCUT2D eigenvalue weighted by Gasteiger charge is 2.34. The van der Waals surface area contributed by atoms with E-state index >= 15 is 0 Å². The number of aryl methyl sites for hydroxylation is 1. The maximum absolute atomic E-state index is 12.8. The lowest BCUT2D eigenvalue weighted by Gasteiger charge is -2.35. The van der Waals surface area contributed by atoms with Crippen LogP contribution in [0.3, 0.4) is 0 Å². The molecule has 0 saturated carbocycles. The van der Waals surface area contributed by atoms with Crippen molar-refractivity contribution in [3.63, 3.8) is 0 Å². The molecule has 1 aliphatic carbocycles. The van der Waals surface area contributed by atoms with Gasteiger partial charge in [0.05, 0.1) is 11.8 Å². The Hall–Kier alpha value is -1.84. The van der Waals surface area contributed by atoms with Gasteiger partial charge in [-0.25, -0.2) is 0 Å². The number of likely N-dealkylation sites (tertiary alicyclic amines) is 1. The van der Waals surface area contributed by atoms with Crippen molar-refractivity contribution in [1.29, 1.82) is 0 Å². The van der Waals surface area contributed by atoms with Gasteiger partial charge in [-0.05, 0) is 43.2 Å². The van der Waals surface area contributed by atoms with Crippen LogP contribution in [0.1, 0.15) is 42.7 Å². The van der Waals surface area contributed by atoms with Gasteiger partial charge in [0.1, 0.15) is 0 Å². The number of hydrogen-bond acceptors (Lipinski definition) is 2. The van der Waals surface area contributed by atoms with Gasteiger partial charge in [0.15, 0.2) is 0 Å². The molecule has 0 bridgehead atoms. The summed E-state index contributed by atoms with van der Waals surface area (Å²) in [6.07, 6.45) is 4.42. The quantitative estimate of drug-likeness (QED) is 0.909. The van der Waals surface area contributed by atoms with Crippen LogP contribution in [0, 0.1) is 5.92 Å². The van der Waals surface area contributed by atoms with E-state index in [0.29, 0.717) is 19.5 Å². The Kier molecular flexibility index (Phi) is 3.95. The molecule has 0 unspecified atom stereocenters. The maximum atomic E-state index is 12.8. The minimum atomic E-state index is -0.781. The molecule has 1 saturated heterocycles. The van der Waals surface area contributed by atoms with Crippen LogP contribution in [0.15, 0.2) is 24.3 Å². The number of carboxylic acids is 1. The van der Waals surface area contributed by atoms with Gasteiger partial charge in [0.2, 0.25) is 5.91 Å². The number of aliphatic carboxylic acids is 1. The molecule has 0 spiro atoms. The molecule has 2 atom stereocenters. The Balaban J connectivity index is 1.78. The predicted octanol–water partition coefficient (Wildman–Crippen LogP) is 2.43. The third-order valence-electron chi connectivity index (χ3n) is 4.75. The van der Waals surface area contributed by atoms with Crippen molar-refractivity contribution in [2.75, 3.05) is 13.1 Å². The molecule has 1 N–H and O–H groups in total. The molecule has 1 aromatic rings. The monoisotopic (exact) mass is 287 g/mol. The molecule has 0 aromatic heterocycles. The molecule has 112 valence electrons. The van der Waals surface area contributed by atoms with Crippen molar-refractivity contribution in [2.24, 2.45) is 5.92 Å². The number of piperidine rings is 1. The molecule has 4 heteroatoms. The second-order valence-electron chi connectivity index (χ2n) is 6.11. The lowest BCUT2D eigenvalue weighted by molar-refractivity contribution is -0.146. The first-order valence-corrected chi connectivity index (χ1v) is 7.76. The number of carbonyl (C=O) groups excluding carboxylic acids is 1. The zero-order chi connectivity index (χ0) is 14.8. The van der Waals surface area contributed by atoms with Crippen LogP contribution >= 0.6 is 0 Å². The number of hydrogen-bond donors (Lipinski definition) is 1. The van der Waals surface area contributed by atoms with E-state index in [4.69, 9.17) is 5.11 Å². The number of nitrogens with zero attached hydrogens (tertiary/aromatic N) is 1. The van der Waals surface area contributed by atoms with Gasteiger partial charge in [0.25, 0.3) is 0 Å². The number of carbonyl (C=O) groups is 2. The Morgan fingerprint density at radius 2 is 1.95 bits per heavy atom. The second-order valence-corrected chi connectivity index (χ2v) is 6.11. The first-order chi connectivity index (χ1) is 10.2. The SMILES string of the molecule is O=C(O)[C@H]1CCCN(C(=O)[C@H]2CCCc3ccccc32)C1. The van der Waals surface area contributed by atoms with Crippen LogP contribution in [0.2, 0.25) is 0 Å². The van der Waals surface area contributed by atoms with E-state index in [1.165, 1.54) is 5.56 Å². The molecule has 4 nitrogen and oxygen atoms in total. The Morgan fingerprint density at radius 3 is 2.76 bits per heavy atom. The molecule has 21 heavy (non-hydrogen) atoms. The van der Waals surface area contributed by atoms with E-state index in [9.17, 15) is 9.59 Å². The number of amides is 1. The van der Waals surface area contributed by atoms with Gasteiger partial charge in [-0.2, -0.15) is 0 Å². The average Bonchev–Trinajstić information content (AvgIpc) is 2.53. The molecule has 1 aromatic carbocycles. The first-order valence-electron chi connectivity index (χ1n) is 7.76. The van der Waals surface area contributed by atoms with E-state index in [-0.39, 0.29) is 11.8 Å². The third kappa shape index (κ3) is 2.80. The fourth-order valence-electron chi connectivity index (χ4n) is 3.61. The summed E-state index contributed by atoms with van der Waals surface area (Å²) in [5.41, 5.74) is 2.42. The summed E-state index contributed by atoms with van der Waals surface area (Å²) in [6, 6.07) is 8.16. The van der Waals surface area contributed by atoms with Crippen molar-refractivity contribution < 1.29 is 14.7 Å². The zero-order valence-electron chi connectivity index (χ0n) is 12.1. The average molecular weight is 287 g/mol. The molecule has 3 rings (SSSR count). The van der Waals surface area contributed by atoms with Crippen molar-refractivity contribution >= 4 is 11.9 Å². The third-order valence-corrected chi connectivity index (χ3v) is 4.75. The minimum Gasteiger partial charge on any atom is -0.481 e. The highest BCUT2D eigenvalue weighted by molar-refractivity contribution is 5.85. The Bertz CT molecular complexity index is 555. The lowest BCUT2D eigenvalue weighted by atomic mass is 9.81. The van der Waals surface area contributed by atoms with Gasteiger partial charge in [-0.3, -0.25) is 9.59 Å². The predicted molar refractivity (Wildman–Crippen MR) is 79.1 cm³/mol. The van der Waals surface area contributed by atoms with E-state index in [0.717, 1.165) is 31.2 Å². The van der Waals surface area contributed by atoms with E-state index in [2.05, 4.69) is 12.1 Å². The molecule has 0 radical (unpaired) electrons. The van der Waals surface area contributed by atoms with Gasteiger partial charge < -0.3 is 10.0 Å². The maximum Gasteiger partial charge on any atom is 0.308 e. The summed E-state index contributed by atoms with van der Waals surface area (Å²) in [7, 11) is 0. The van der Waals surface area contributed by atoms with Crippen molar-refractivity contribution in [1.82, 2.24) is 4.90 Å². The van der Waals surface area contributed by atoms with E-state index in [1.807, 2.05) is 12.1 Å². The second kappa shape index (κ2) is 5.88. The molecule has 1 amide bonds. The summed E-state index contributed by atoms with van der Waals surface area (Å²) in [6.45, 7) is 1.06. The van der Waals surface area contributed by atoms with Crippen LogP contribution in [-0.2, 0) is 16.0 Å². The van der Waals surface area contributed by atoms with Gasteiger partial charge in [-0.1, -0.05) is 24.3 Å². The van der Waals surface area contributed by atoms with Crippen molar-refractivity contribution in [3.05, 3.63) is 35.4 Å². The Labute approximate surface area is 124 Å². The molecule has 1 heterocycles. The molecule has 1 fully saturated rings. The summed E-state index contributed by atoms with van der Waals surface area (Å²) >= 11 is 0. The molecule has 2 aliphatic rings. The van der Waals surface area contributed by atoms with Crippen LogP contribution in [0.4, 0.5) is 0 Å². The van der Waals surface area contributed by atoms with E-state index in [1.54, 1.807) is 4.90 Å². The smallest absolute Gasteiger partial charge is 0.308 e. The summed E-state index contributed by atoms with van der Waals surface area (Å²) in [5, 5.41) is 9.17. The number of benzene rings is 1. The summed E-state index contributed by atoms with van der Waals surface area (Å²) in [5.74, 6) is -1.14. The fraction of sp³-hybridized carbons (Fsp3) is 0.529. The fourth-order valence-corrected chi connectivity index (χ4v) is 3.61. The van der Waals surface area contributed by atoms with Gasteiger partial charge in [0, 0.05) is 13.1 Å². The Morgan fingerprint density at radius 1 is 1.14 bits per heavy atom. The van der Waals surface area contributed by atoms with Gasteiger partial charge >= 0.3 is 5.97 Å². The van der Waals surface area contributed by atoms with Gasteiger partial charge in [-0.15, -0.1) is 0 Å². The number of carboxylic acid groups (broad SMARTS) is 1. The summed E-state index contributed by atoms with van der Waals surface area (Å²) < 4.78 is 0. The molecule has 1 aliphatic heterocycles. The lowest BCUT2D eigenvalue weighted by Crippen LogP contribution is -2.44.